The molecule has 0 radical (unpaired) electrons. The van der Waals surface area contributed by atoms with Gasteiger partial charge >= 0.3 is 0 Å². The molecule has 0 unspecified atom stereocenters. The first kappa shape index (κ1) is 13.1. The second-order valence-corrected chi connectivity index (χ2v) is 4.44. The van der Waals surface area contributed by atoms with Gasteiger partial charge in [0.25, 0.3) is 5.91 Å². The van der Waals surface area contributed by atoms with Crippen molar-refractivity contribution in [3.8, 4) is 5.75 Å². The second-order valence-electron chi connectivity index (χ2n) is 4.44. The van der Waals surface area contributed by atoms with Crippen molar-refractivity contribution < 1.29 is 14.3 Å². The van der Waals surface area contributed by atoms with Crippen molar-refractivity contribution in [3.05, 3.63) is 58.9 Å². The lowest BCUT2D eigenvalue weighted by molar-refractivity contribution is 0.102. The van der Waals surface area contributed by atoms with Gasteiger partial charge in [0.1, 0.15) is 11.6 Å². The third-order valence-corrected chi connectivity index (χ3v) is 2.82. The van der Waals surface area contributed by atoms with Crippen LogP contribution in [-0.2, 0) is 0 Å². The molecule has 19 heavy (non-hydrogen) atoms. The zero-order chi connectivity index (χ0) is 14.0. The van der Waals surface area contributed by atoms with Crippen LogP contribution in [0.5, 0.6) is 5.75 Å². The number of carbonyl (C=O) groups is 1. The SMILES string of the molecule is Cc1ccc(F)c(C(=O)Nc2ccc(O)c(C)c2)c1. The number of nitrogens with one attached hydrogen (secondary N) is 1. The standard InChI is InChI=1S/C15H14FNO2/c1-9-3-5-13(16)12(7-9)15(19)17-11-4-6-14(18)10(2)8-11/h3-8,18H,1-2H3,(H,17,19). The van der Waals surface area contributed by atoms with Crippen LogP contribution < -0.4 is 5.32 Å². The summed E-state index contributed by atoms with van der Waals surface area (Å²) in [5.74, 6) is -0.912. The molecule has 2 rings (SSSR count). The summed E-state index contributed by atoms with van der Waals surface area (Å²) in [6.45, 7) is 3.51. The van der Waals surface area contributed by atoms with Crippen LogP contribution in [0.15, 0.2) is 36.4 Å². The van der Waals surface area contributed by atoms with Gasteiger partial charge in [0, 0.05) is 5.69 Å². The van der Waals surface area contributed by atoms with Gasteiger partial charge in [-0.3, -0.25) is 4.79 Å². The van der Waals surface area contributed by atoms with Gasteiger partial charge in [0.05, 0.1) is 5.56 Å². The minimum absolute atomic E-state index is 0.00530. The van der Waals surface area contributed by atoms with Gasteiger partial charge in [-0.15, -0.1) is 0 Å². The van der Waals surface area contributed by atoms with Gasteiger partial charge in [-0.1, -0.05) is 11.6 Å². The van der Waals surface area contributed by atoms with Crippen molar-refractivity contribution in [2.75, 3.05) is 5.32 Å². The van der Waals surface area contributed by atoms with Crippen molar-refractivity contribution >= 4 is 11.6 Å². The van der Waals surface area contributed by atoms with Gasteiger partial charge in [0.2, 0.25) is 0 Å². The summed E-state index contributed by atoms with van der Waals surface area (Å²) in [6, 6.07) is 9.05. The molecule has 0 aromatic heterocycles. The predicted molar refractivity (Wildman–Crippen MR) is 71.9 cm³/mol. The number of halogens is 1. The normalized spacial score (nSPS) is 10.3. The molecular formula is C15H14FNO2. The predicted octanol–water partition coefficient (Wildman–Crippen LogP) is 3.40. The Balaban J connectivity index is 2.25. The van der Waals surface area contributed by atoms with Gasteiger partial charge in [-0.2, -0.15) is 0 Å². The summed E-state index contributed by atoms with van der Waals surface area (Å²) >= 11 is 0. The lowest BCUT2D eigenvalue weighted by Crippen LogP contribution is -2.14. The van der Waals surface area contributed by atoms with Gasteiger partial charge in [-0.25, -0.2) is 4.39 Å². The maximum atomic E-state index is 13.6. The highest BCUT2D eigenvalue weighted by Crippen LogP contribution is 2.21. The average Bonchev–Trinajstić information content (AvgIpc) is 2.36. The monoisotopic (exact) mass is 259 g/mol. The van der Waals surface area contributed by atoms with Crippen molar-refractivity contribution in [2.45, 2.75) is 13.8 Å². The molecule has 0 aliphatic carbocycles. The van der Waals surface area contributed by atoms with Gasteiger partial charge in [0.15, 0.2) is 0 Å². The number of aryl methyl sites for hydroxylation is 2. The Hall–Kier alpha value is -2.36. The Labute approximate surface area is 110 Å². The van der Waals surface area contributed by atoms with E-state index >= 15 is 0 Å². The Morgan fingerprint density at radius 1 is 1.16 bits per heavy atom. The lowest BCUT2D eigenvalue weighted by atomic mass is 10.1. The molecule has 0 aliphatic rings. The fourth-order valence-corrected chi connectivity index (χ4v) is 1.74. The smallest absolute Gasteiger partial charge is 0.258 e. The molecule has 98 valence electrons. The first-order chi connectivity index (χ1) is 8.97. The number of hydrogen-bond acceptors (Lipinski definition) is 2. The molecule has 0 saturated heterocycles. The molecule has 0 bridgehead atoms. The Morgan fingerprint density at radius 3 is 2.58 bits per heavy atom. The molecular weight excluding hydrogens is 245 g/mol. The Morgan fingerprint density at radius 2 is 1.89 bits per heavy atom. The summed E-state index contributed by atoms with van der Waals surface area (Å²) in [5, 5.41) is 12.0. The van der Waals surface area contributed by atoms with E-state index < -0.39 is 11.7 Å². The number of phenolic OH excluding ortho intramolecular Hbond substituents is 1. The lowest BCUT2D eigenvalue weighted by Gasteiger charge is -2.08. The summed E-state index contributed by atoms with van der Waals surface area (Å²) in [5.41, 5.74) is 1.97. The number of amides is 1. The highest BCUT2D eigenvalue weighted by Gasteiger charge is 2.12. The van der Waals surface area contributed by atoms with E-state index in [4.69, 9.17) is 0 Å². The van der Waals surface area contributed by atoms with Crippen LogP contribution in [0.4, 0.5) is 10.1 Å². The van der Waals surface area contributed by atoms with E-state index in [1.54, 1.807) is 32.0 Å². The first-order valence-electron chi connectivity index (χ1n) is 5.84. The molecule has 1 amide bonds. The number of aromatic hydroxyl groups is 1. The van der Waals surface area contributed by atoms with E-state index in [1.807, 2.05) is 0 Å². The minimum atomic E-state index is -0.557. The Kier molecular flexibility index (Phi) is 3.51. The number of benzene rings is 2. The molecule has 0 heterocycles. The van der Waals surface area contributed by atoms with E-state index in [0.29, 0.717) is 11.3 Å². The van der Waals surface area contributed by atoms with E-state index in [-0.39, 0.29) is 11.3 Å². The van der Waals surface area contributed by atoms with Crippen LogP contribution in [0.3, 0.4) is 0 Å². The molecule has 0 spiro atoms. The summed E-state index contributed by atoms with van der Waals surface area (Å²) in [4.78, 5) is 12.0. The summed E-state index contributed by atoms with van der Waals surface area (Å²) < 4.78 is 13.6. The average molecular weight is 259 g/mol. The minimum Gasteiger partial charge on any atom is -0.508 e. The summed E-state index contributed by atoms with van der Waals surface area (Å²) in [7, 11) is 0. The zero-order valence-corrected chi connectivity index (χ0v) is 10.7. The van der Waals surface area contributed by atoms with Crippen molar-refractivity contribution in [3.63, 3.8) is 0 Å². The largest absolute Gasteiger partial charge is 0.508 e. The fraction of sp³-hybridized carbons (Fsp3) is 0.133. The molecule has 4 heteroatoms. The molecule has 0 saturated carbocycles. The maximum absolute atomic E-state index is 13.6. The van der Waals surface area contributed by atoms with Crippen LogP contribution in [0.1, 0.15) is 21.5 Å². The first-order valence-corrected chi connectivity index (χ1v) is 5.84. The molecule has 2 aromatic carbocycles. The number of phenols is 1. The van der Waals surface area contributed by atoms with Crippen LogP contribution >= 0.6 is 0 Å². The highest BCUT2D eigenvalue weighted by atomic mass is 19.1. The number of carbonyl (C=O) groups excluding carboxylic acids is 1. The number of rotatable bonds is 2. The van der Waals surface area contributed by atoms with Crippen LogP contribution in [0, 0.1) is 19.7 Å². The van der Waals surface area contributed by atoms with Gasteiger partial charge in [-0.05, 0) is 49.7 Å². The van der Waals surface area contributed by atoms with Crippen molar-refractivity contribution in [1.29, 1.82) is 0 Å². The fourth-order valence-electron chi connectivity index (χ4n) is 1.74. The van der Waals surface area contributed by atoms with E-state index in [9.17, 15) is 14.3 Å². The number of anilines is 1. The molecule has 2 aromatic rings. The maximum Gasteiger partial charge on any atom is 0.258 e. The van der Waals surface area contributed by atoms with Crippen molar-refractivity contribution in [2.24, 2.45) is 0 Å². The number of hydrogen-bond donors (Lipinski definition) is 2. The van der Waals surface area contributed by atoms with Crippen LogP contribution in [0.25, 0.3) is 0 Å². The molecule has 0 aliphatic heterocycles. The summed E-state index contributed by atoms with van der Waals surface area (Å²) in [6.07, 6.45) is 0. The third-order valence-electron chi connectivity index (χ3n) is 2.82. The third kappa shape index (κ3) is 2.91. The molecule has 3 nitrogen and oxygen atoms in total. The van der Waals surface area contributed by atoms with Crippen molar-refractivity contribution in [1.82, 2.24) is 0 Å². The zero-order valence-electron chi connectivity index (χ0n) is 10.7. The Bertz CT molecular complexity index is 638. The highest BCUT2D eigenvalue weighted by molar-refractivity contribution is 6.04. The van der Waals surface area contributed by atoms with E-state index in [1.165, 1.54) is 18.2 Å². The molecule has 2 N–H and O–H groups in total. The van der Waals surface area contributed by atoms with E-state index in [2.05, 4.69) is 5.32 Å². The quantitative estimate of drug-likeness (QED) is 0.812. The van der Waals surface area contributed by atoms with Crippen LogP contribution in [-0.4, -0.2) is 11.0 Å². The molecule has 0 atom stereocenters. The van der Waals surface area contributed by atoms with E-state index in [0.717, 1.165) is 5.56 Å². The second kappa shape index (κ2) is 5.10. The van der Waals surface area contributed by atoms with Gasteiger partial charge < -0.3 is 10.4 Å². The molecule has 0 fully saturated rings. The van der Waals surface area contributed by atoms with Crippen LogP contribution in [0.2, 0.25) is 0 Å². The topological polar surface area (TPSA) is 49.3 Å².